The lowest BCUT2D eigenvalue weighted by atomic mass is 10.0. The highest BCUT2D eigenvalue weighted by Gasteiger charge is 2.06. The van der Waals surface area contributed by atoms with Gasteiger partial charge in [-0.2, -0.15) is 0 Å². The Morgan fingerprint density at radius 3 is 2.19 bits per heavy atom. The zero-order valence-electron chi connectivity index (χ0n) is 15.5. The van der Waals surface area contributed by atoms with Crippen LogP contribution >= 0.6 is 0 Å². The lowest BCUT2D eigenvalue weighted by Crippen LogP contribution is -2.41. The smallest absolute Gasteiger partial charge is 0.251 e. The summed E-state index contributed by atoms with van der Waals surface area (Å²) in [4.78, 5) is 16.6. The normalized spacial score (nSPS) is 12.3. The van der Waals surface area contributed by atoms with Crippen LogP contribution in [0.4, 0.5) is 0 Å². The first-order valence-electron chi connectivity index (χ1n) is 9.11. The molecule has 0 aliphatic heterocycles. The minimum Gasteiger partial charge on any atom is -0.357 e. The van der Waals surface area contributed by atoms with Crippen molar-refractivity contribution in [2.75, 3.05) is 26.2 Å². The largest absolute Gasteiger partial charge is 0.357 e. The lowest BCUT2D eigenvalue weighted by molar-refractivity contribution is 0.0954. The fraction of sp³-hybridized carbons (Fsp3) is 0.333. The molecule has 26 heavy (non-hydrogen) atoms. The van der Waals surface area contributed by atoms with Gasteiger partial charge in [-0.3, -0.25) is 9.79 Å². The number of hydrogen-bond donors (Lipinski definition) is 3. The van der Waals surface area contributed by atoms with Crippen LogP contribution in [0.5, 0.6) is 0 Å². The topological polar surface area (TPSA) is 65.5 Å². The maximum absolute atomic E-state index is 12.0. The van der Waals surface area contributed by atoms with Crippen LogP contribution in [-0.4, -0.2) is 38.0 Å². The predicted octanol–water partition coefficient (Wildman–Crippen LogP) is 2.78. The third-order valence-electron chi connectivity index (χ3n) is 3.98. The van der Waals surface area contributed by atoms with Crippen molar-refractivity contribution in [1.82, 2.24) is 16.0 Å². The monoisotopic (exact) mass is 352 g/mol. The molecule has 2 aromatic carbocycles. The average Bonchev–Trinajstić information content (AvgIpc) is 2.70. The van der Waals surface area contributed by atoms with Gasteiger partial charge in [-0.05, 0) is 24.6 Å². The highest BCUT2D eigenvalue weighted by Crippen LogP contribution is 2.14. The van der Waals surface area contributed by atoms with Crippen LogP contribution in [0.25, 0.3) is 0 Å². The Bertz CT molecular complexity index is 686. The number of nitrogens with zero attached hydrogens (tertiary/aromatic N) is 1. The van der Waals surface area contributed by atoms with E-state index >= 15 is 0 Å². The van der Waals surface area contributed by atoms with Gasteiger partial charge in [0.15, 0.2) is 5.96 Å². The third-order valence-corrected chi connectivity index (χ3v) is 3.98. The first kappa shape index (κ1) is 19.5. The zero-order valence-corrected chi connectivity index (χ0v) is 15.5. The third kappa shape index (κ3) is 6.59. The zero-order chi connectivity index (χ0) is 18.6. The van der Waals surface area contributed by atoms with Crippen molar-refractivity contribution in [2.45, 2.75) is 19.8 Å². The minimum atomic E-state index is -0.0629. The maximum atomic E-state index is 12.0. The van der Waals surface area contributed by atoms with E-state index in [0.717, 1.165) is 12.5 Å². The molecule has 0 saturated heterocycles. The molecule has 1 unspecified atom stereocenters. The number of nitrogens with one attached hydrogen (secondary N) is 3. The van der Waals surface area contributed by atoms with Gasteiger partial charge in [0, 0.05) is 37.7 Å². The highest BCUT2D eigenvalue weighted by atomic mass is 16.1. The van der Waals surface area contributed by atoms with Crippen molar-refractivity contribution in [1.29, 1.82) is 0 Å². The van der Waals surface area contributed by atoms with Gasteiger partial charge in [0.2, 0.25) is 0 Å². The van der Waals surface area contributed by atoms with Gasteiger partial charge in [-0.15, -0.1) is 0 Å². The van der Waals surface area contributed by atoms with Crippen molar-refractivity contribution in [2.24, 2.45) is 4.99 Å². The molecule has 0 spiro atoms. The molecule has 1 atom stereocenters. The van der Waals surface area contributed by atoms with Gasteiger partial charge in [-0.25, -0.2) is 0 Å². The van der Waals surface area contributed by atoms with Crippen LogP contribution in [0.1, 0.15) is 35.7 Å². The number of guanidine groups is 1. The van der Waals surface area contributed by atoms with Crippen molar-refractivity contribution < 1.29 is 4.79 Å². The van der Waals surface area contributed by atoms with Crippen LogP contribution in [0.15, 0.2) is 65.7 Å². The molecule has 0 bridgehead atoms. The second-order valence-corrected chi connectivity index (χ2v) is 6.08. The number of carbonyl (C=O) groups excluding carboxylic acids is 1. The molecule has 0 saturated carbocycles. The Morgan fingerprint density at radius 1 is 0.923 bits per heavy atom. The quantitative estimate of drug-likeness (QED) is 0.389. The molecule has 5 heteroatoms. The molecule has 138 valence electrons. The highest BCUT2D eigenvalue weighted by molar-refractivity contribution is 5.94. The molecule has 0 aliphatic carbocycles. The van der Waals surface area contributed by atoms with Crippen molar-refractivity contribution in [3.05, 3.63) is 71.8 Å². The maximum Gasteiger partial charge on any atom is 0.251 e. The number of amides is 1. The molecule has 0 heterocycles. The van der Waals surface area contributed by atoms with Crippen molar-refractivity contribution in [3.63, 3.8) is 0 Å². The summed E-state index contributed by atoms with van der Waals surface area (Å²) >= 11 is 0. The van der Waals surface area contributed by atoms with Crippen LogP contribution < -0.4 is 16.0 Å². The Kier molecular flexibility index (Phi) is 8.19. The van der Waals surface area contributed by atoms with Gasteiger partial charge in [0.1, 0.15) is 0 Å². The minimum absolute atomic E-state index is 0.0629. The Hall–Kier alpha value is -2.82. The molecular weight excluding hydrogens is 324 g/mol. The summed E-state index contributed by atoms with van der Waals surface area (Å²) in [6, 6.07) is 19.6. The predicted molar refractivity (Wildman–Crippen MR) is 108 cm³/mol. The van der Waals surface area contributed by atoms with E-state index in [0.29, 0.717) is 31.1 Å². The summed E-state index contributed by atoms with van der Waals surface area (Å²) in [5.41, 5.74) is 1.95. The van der Waals surface area contributed by atoms with Crippen LogP contribution in [0.3, 0.4) is 0 Å². The van der Waals surface area contributed by atoms with E-state index < -0.39 is 0 Å². The summed E-state index contributed by atoms with van der Waals surface area (Å²) in [7, 11) is 0. The molecular formula is C21H28N4O. The number of hydrogen-bond acceptors (Lipinski definition) is 2. The van der Waals surface area contributed by atoms with Crippen LogP contribution in [-0.2, 0) is 0 Å². The average molecular weight is 352 g/mol. The molecule has 5 nitrogen and oxygen atoms in total. The second kappa shape index (κ2) is 10.9. The van der Waals surface area contributed by atoms with E-state index in [9.17, 15) is 4.79 Å². The number of benzene rings is 2. The Balaban J connectivity index is 1.77. The van der Waals surface area contributed by atoms with Gasteiger partial charge in [0.05, 0.1) is 0 Å². The van der Waals surface area contributed by atoms with Crippen LogP contribution in [0, 0.1) is 0 Å². The lowest BCUT2D eigenvalue weighted by Gasteiger charge is -2.14. The van der Waals surface area contributed by atoms with Crippen LogP contribution in [0.2, 0.25) is 0 Å². The molecule has 0 radical (unpaired) electrons. The molecule has 2 rings (SSSR count). The van der Waals surface area contributed by atoms with Gasteiger partial charge >= 0.3 is 0 Å². The summed E-state index contributed by atoms with van der Waals surface area (Å²) in [6.45, 7) is 6.85. The van der Waals surface area contributed by atoms with Crippen molar-refractivity contribution in [3.8, 4) is 0 Å². The fourth-order valence-electron chi connectivity index (χ4n) is 2.51. The van der Waals surface area contributed by atoms with E-state index in [4.69, 9.17) is 0 Å². The first-order chi connectivity index (χ1) is 12.7. The summed E-state index contributed by atoms with van der Waals surface area (Å²) < 4.78 is 0. The molecule has 0 aliphatic rings. The van der Waals surface area contributed by atoms with Gasteiger partial charge in [-0.1, -0.05) is 55.5 Å². The Morgan fingerprint density at radius 2 is 1.54 bits per heavy atom. The van der Waals surface area contributed by atoms with E-state index in [1.165, 1.54) is 5.56 Å². The molecule has 1 amide bonds. The SMILES string of the molecule is CCNC(=NCC(C)c1ccccc1)NCCNC(=O)c1ccccc1. The number of carbonyl (C=O) groups is 1. The van der Waals surface area contributed by atoms with E-state index in [2.05, 4.69) is 52.1 Å². The van der Waals surface area contributed by atoms with E-state index in [1.807, 2.05) is 31.2 Å². The molecule has 3 N–H and O–H groups in total. The van der Waals surface area contributed by atoms with E-state index in [-0.39, 0.29) is 5.91 Å². The van der Waals surface area contributed by atoms with Gasteiger partial charge < -0.3 is 16.0 Å². The number of aliphatic imine (C=N–C) groups is 1. The Labute approximate surface area is 155 Å². The standard InChI is InChI=1S/C21H28N4O/c1-3-22-21(25-16-17(2)18-10-6-4-7-11-18)24-15-14-23-20(26)19-12-8-5-9-13-19/h4-13,17H,3,14-16H2,1-2H3,(H,23,26)(H2,22,24,25). The first-order valence-corrected chi connectivity index (χ1v) is 9.11. The molecule has 0 fully saturated rings. The number of rotatable bonds is 8. The van der Waals surface area contributed by atoms with Crippen molar-refractivity contribution >= 4 is 11.9 Å². The summed E-state index contributed by atoms with van der Waals surface area (Å²) in [5.74, 6) is 1.06. The fourth-order valence-corrected chi connectivity index (χ4v) is 2.51. The van der Waals surface area contributed by atoms with Gasteiger partial charge in [0.25, 0.3) is 5.91 Å². The van der Waals surface area contributed by atoms with E-state index in [1.54, 1.807) is 12.1 Å². The second-order valence-electron chi connectivity index (χ2n) is 6.08. The molecule has 2 aromatic rings. The summed E-state index contributed by atoms with van der Waals surface area (Å²) in [6.07, 6.45) is 0. The molecule has 0 aromatic heterocycles. The summed E-state index contributed by atoms with van der Waals surface area (Å²) in [5, 5.41) is 9.40.